The van der Waals surface area contributed by atoms with E-state index in [1.807, 2.05) is 0 Å². The Balaban J connectivity index is 4.18. The molecule has 18 heavy (non-hydrogen) atoms. The summed E-state index contributed by atoms with van der Waals surface area (Å²) >= 11 is 0. The van der Waals surface area contributed by atoms with Gasteiger partial charge in [-0.2, -0.15) is 0 Å². The van der Waals surface area contributed by atoms with Gasteiger partial charge in [-0.1, -0.05) is 0 Å². The molecule has 1 atom stereocenters. The lowest BCUT2D eigenvalue weighted by Crippen LogP contribution is -2.48. The van der Waals surface area contributed by atoms with Gasteiger partial charge < -0.3 is 26.2 Å². The fraction of sp³-hybridized carbons (Fsp3) is 0.700. The number of carboxylic acid groups (broad SMARTS) is 2. The molecule has 0 aromatic heterocycles. The molecule has 0 saturated carbocycles. The van der Waals surface area contributed by atoms with Gasteiger partial charge in [0.15, 0.2) is 0 Å². The molecular weight excluding hydrogens is 242 g/mol. The molecule has 5 N–H and O–H groups in total. The first-order valence-electron chi connectivity index (χ1n) is 5.59. The van der Waals surface area contributed by atoms with Crippen LogP contribution in [0.25, 0.3) is 0 Å². The number of amides is 3. The Morgan fingerprint density at radius 2 is 1.67 bits per heavy atom. The average Bonchev–Trinajstić information content (AvgIpc) is 2.20. The van der Waals surface area contributed by atoms with Crippen LogP contribution in [0.1, 0.15) is 26.7 Å². The van der Waals surface area contributed by atoms with Crippen LogP contribution in [0.15, 0.2) is 0 Å². The highest BCUT2D eigenvalue weighted by atomic mass is 16.4. The smallest absolute Gasteiger partial charge is 0.405 e. The van der Waals surface area contributed by atoms with E-state index in [0.29, 0.717) is 6.42 Å². The van der Waals surface area contributed by atoms with Crippen molar-refractivity contribution in [3.8, 4) is 0 Å². The van der Waals surface area contributed by atoms with Crippen molar-refractivity contribution in [1.29, 1.82) is 0 Å². The molecule has 0 fully saturated rings. The first kappa shape index (κ1) is 16.0. The highest BCUT2D eigenvalue weighted by molar-refractivity contribution is 5.85. The predicted octanol–water partition coefficient (Wildman–Crippen LogP) is 0.195. The molecule has 0 aliphatic rings. The molecule has 0 aromatic rings. The lowest BCUT2D eigenvalue weighted by molar-refractivity contribution is -0.123. The maximum atomic E-state index is 11.6. The number of rotatable bonds is 7. The van der Waals surface area contributed by atoms with Gasteiger partial charge in [0.05, 0.1) is 0 Å². The minimum atomic E-state index is -1.29. The van der Waals surface area contributed by atoms with Crippen LogP contribution in [-0.2, 0) is 4.79 Å². The maximum Gasteiger partial charge on any atom is 0.405 e. The summed E-state index contributed by atoms with van der Waals surface area (Å²) in [5.41, 5.74) is 0. The Morgan fingerprint density at radius 3 is 2.11 bits per heavy atom. The zero-order valence-corrected chi connectivity index (χ0v) is 10.4. The largest absolute Gasteiger partial charge is 0.465 e. The van der Waals surface area contributed by atoms with Gasteiger partial charge in [-0.05, 0) is 26.7 Å². The third-order valence-corrected chi connectivity index (χ3v) is 1.99. The molecule has 0 aliphatic heterocycles. The standard InChI is InChI=1S/C10H19N3O5/c1-6(2)12-8(14)7(13-10(17)18)4-3-5-11-9(15)16/h6-7,11,13H,3-5H2,1-2H3,(H,12,14)(H,15,16)(H,17,18). The second kappa shape index (κ2) is 8.15. The van der Waals surface area contributed by atoms with Crippen molar-refractivity contribution >= 4 is 18.1 Å². The summed E-state index contributed by atoms with van der Waals surface area (Å²) in [4.78, 5) is 32.4. The van der Waals surface area contributed by atoms with Crippen molar-refractivity contribution in [1.82, 2.24) is 16.0 Å². The first-order valence-corrected chi connectivity index (χ1v) is 5.59. The van der Waals surface area contributed by atoms with E-state index in [2.05, 4.69) is 16.0 Å². The van der Waals surface area contributed by atoms with E-state index in [9.17, 15) is 14.4 Å². The van der Waals surface area contributed by atoms with Gasteiger partial charge in [0, 0.05) is 12.6 Å². The van der Waals surface area contributed by atoms with Crippen LogP contribution in [0.2, 0.25) is 0 Å². The topological polar surface area (TPSA) is 128 Å². The minimum Gasteiger partial charge on any atom is -0.465 e. The molecule has 0 aliphatic carbocycles. The van der Waals surface area contributed by atoms with Crippen LogP contribution in [0, 0.1) is 0 Å². The molecule has 104 valence electrons. The van der Waals surface area contributed by atoms with E-state index in [1.165, 1.54) is 0 Å². The number of carbonyl (C=O) groups excluding carboxylic acids is 1. The van der Waals surface area contributed by atoms with Crippen LogP contribution in [0.3, 0.4) is 0 Å². The normalized spacial score (nSPS) is 11.7. The highest BCUT2D eigenvalue weighted by Gasteiger charge is 2.20. The van der Waals surface area contributed by atoms with Crippen LogP contribution in [0.4, 0.5) is 9.59 Å². The highest BCUT2D eigenvalue weighted by Crippen LogP contribution is 1.98. The van der Waals surface area contributed by atoms with Crippen molar-refractivity contribution in [2.75, 3.05) is 6.54 Å². The van der Waals surface area contributed by atoms with E-state index in [4.69, 9.17) is 10.2 Å². The molecule has 1 unspecified atom stereocenters. The Kier molecular flexibility index (Phi) is 7.25. The van der Waals surface area contributed by atoms with E-state index in [1.54, 1.807) is 13.8 Å². The number of hydrogen-bond acceptors (Lipinski definition) is 3. The van der Waals surface area contributed by atoms with Crippen LogP contribution in [0.5, 0.6) is 0 Å². The molecule has 0 radical (unpaired) electrons. The molecule has 0 rings (SSSR count). The third-order valence-electron chi connectivity index (χ3n) is 1.99. The second-order valence-corrected chi connectivity index (χ2v) is 4.04. The Hall–Kier alpha value is -1.99. The van der Waals surface area contributed by atoms with E-state index in [-0.39, 0.29) is 19.0 Å². The van der Waals surface area contributed by atoms with Crippen molar-refractivity contribution < 1.29 is 24.6 Å². The number of carbonyl (C=O) groups is 3. The fourth-order valence-corrected chi connectivity index (χ4v) is 1.30. The predicted molar refractivity (Wildman–Crippen MR) is 63.5 cm³/mol. The monoisotopic (exact) mass is 261 g/mol. The van der Waals surface area contributed by atoms with E-state index >= 15 is 0 Å². The van der Waals surface area contributed by atoms with Gasteiger partial charge in [0.1, 0.15) is 6.04 Å². The molecule has 0 saturated heterocycles. The van der Waals surface area contributed by atoms with Gasteiger partial charge in [-0.3, -0.25) is 4.79 Å². The van der Waals surface area contributed by atoms with Crippen molar-refractivity contribution in [2.45, 2.75) is 38.8 Å². The van der Waals surface area contributed by atoms with Gasteiger partial charge >= 0.3 is 12.2 Å². The number of hydrogen-bond donors (Lipinski definition) is 5. The molecule has 3 amide bonds. The lowest BCUT2D eigenvalue weighted by Gasteiger charge is -2.18. The molecule has 0 aromatic carbocycles. The average molecular weight is 261 g/mol. The summed E-state index contributed by atoms with van der Waals surface area (Å²) < 4.78 is 0. The summed E-state index contributed by atoms with van der Waals surface area (Å²) in [6.07, 6.45) is -1.84. The maximum absolute atomic E-state index is 11.6. The molecule has 0 heterocycles. The quantitative estimate of drug-likeness (QED) is 0.418. The van der Waals surface area contributed by atoms with Crippen molar-refractivity contribution in [2.24, 2.45) is 0 Å². The van der Waals surface area contributed by atoms with E-state index in [0.717, 1.165) is 0 Å². The molecule has 0 spiro atoms. The fourth-order valence-electron chi connectivity index (χ4n) is 1.30. The Morgan fingerprint density at radius 1 is 1.06 bits per heavy atom. The van der Waals surface area contributed by atoms with Crippen molar-refractivity contribution in [3.05, 3.63) is 0 Å². The van der Waals surface area contributed by atoms with Crippen LogP contribution in [-0.4, -0.2) is 46.9 Å². The van der Waals surface area contributed by atoms with Gasteiger partial charge in [0.2, 0.25) is 5.91 Å². The molecule has 8 nitrogen and oxygen atoms in total. The summed E-state index contributed by atoms with van der Waals surface area (Å²) in [5, 5.41) is 23.8. The molecule has 8 heteroatoms. The number of nitrogens with one attached hydrogen (secondary N) is 3. The lowest BCUT2D eigenvalue weighted by atomic mass is 10.1. The van der Waals surface area contributed by atoms with Gasteiger partial charge in [-0.15, -0.1) is 0 Å². The molecular formula is C10H19N3O5. The van der Waals surface area contributed by atoms with Gasteiger partial charge in [0.25, 0.3) is 0 Å². The SMILES string of the molecule is CC(C)NC(=O)C(CCCNC(=O)O)NC(=O)O. The minimum absolute atomic E-state index is 0.0901. The molecule has 0 bridgehead atoms. The Labute approximate surface area is 105 Å². The van der Waals surface area contributed by atoms with Crippen LogP contribution < -0.4 is 16.0 Å². The van der Waals surface area contributed by atoms with Crippen LogP contribution >= 0.6 is 0 Å². The second-order valence-electron chi connectivity index (χ2n) is 4.04. The summed E-state index contributed by atoms with van der Waals surface area (Å²) in [5.74, 6) is -0.414. The summed E-state index contributed by atoms with van der Waals surface area (Å²) in [6.45, 7) is 3.70. The first-order chi connectivity index (χ1) is 8.32. The van der Waals surface area contributed by atoms with Crippen molar-refractivity contribution in [3.63, 3.8) is 0 Å². The Bertz CT molecular complexity index is 306. The van der Waals surface area contributed by atoms with E-state index < -0.39 is 24.1 Å². The summed E-state index contributed by atoms with van der Waals surface area (Å²) in [7, 11) is 0. The zero-order valence-electron chi connectivity index (χ0n) is 10.4. The van der Waals surface area contributed by atoms with Gasteiger partial charge in [-0.25, -0.2) is 9.59 Å². The third kappa shape index (κ3) is 8.20. The zero-order chi connectivity index (χ0) is 14.1. The summed E-state index contributed by atoms with van der Waals surface area (Å²) in [6, 6.07) is -0.965.